The summed E-state index contributed by atoms with van der Waals surface area (Å²) in [5, 5.41) is 4.58. The number of aryl methyl sites for hydroxylation is 2. The van der Waals surface area contributed by atoms with Crippen molar-refractivity contribution in [1.29, 1.82) is 0 Å². The Hall–Kier alpha value is -2.88. The molecule has 0 radical (unpaired) electrons. The van der Waals surface area contributed by atoms with Crippen LogP contribution in [0.15, 0.2) is 60.7 Å². The van der Waals surface area contributed by atoms with E-state index in [4.69, 9.17) is 0 Å². The van der Waals surface area contributed by atoms with Crippen molar-refractivity contribution >= 4 is 5.91 Å². The highest BCUT2D eigenvalue weighted by molar-refractivity contribution is 5.87. The summed E-state index contributed by atoms with van der Waals surface area (Å²) in [6.45, 7) is 7.56. The van der Waals surface area contributed by atoms with Crippen molar-refractivity contribution in [3.05, 3.63) is 88.7 Å². The highest BCUT2D eigenvalue weighted by Gasteiger charge is 2.26. The summed E-state index contributed by atoms with van der Waals surface area (Å²) in [6.07, 6.45) is 0. The molecule has 0 saturated heterocycles. The highest BCUT2D eigenvalue weighted by Crippen LogP contribution is 2.27. The minimum Gasteiger partial charge on any atom is -0.340 e. The Morgan fingerprint density at radius 1 is 1.00 bits per heavy atom. The molecule has 4 heteroatoms. The second-order valence-corrected chi connectivity index (χ2v) is 6.91. The van der Waals surface area contributed by atoms with Crippen LogP contribution in [0, 0.1) is 13.8 Å². The lowest BCUT2D eigenvalue weighted by Gasteiger charge is -2.25. The van der Waals surface area contributed by atoms with Crippen LogP contribution in [0.5, 0.6) is 0 Å². The van der Waals surface area contributed by atoms with Gasteiger partial charge in [-0.25, -0.2) is 0 Å². The molecule has 2 aromatic carbocycles. The van der Waals surface area contributed by atoms with Gasteiger partial charge in [-0.3, -0.25) is 9.48 Å². The van der Waals surface area contributed by atoms with Gasteiger partial charge < -0.3 is 4.90 Å². The molecule has 140 valence electrons. The van der Waals surface area contributed by atoms with E-state index in [1.54, 1.807) is 0 Å². The summed E-state index contributed by atoms with van der Waals surface area (Å²) >= 11 is 0. The molecule has 0 atom stereocenters. The van der Waals surface area contributed by atoms with Crippen LogP contribution in [0.4, 0.5) is 0 Å². The van der Waals surface area contributed by atoms with Gasteiger partial charge in [0.05, 0.1) is 11.6 Å². The van der Waals surface area contributed by atoms with E-state index in [9.17, 15) is 4.79 Å². The number of carbonyl (C=O) groups is 1. The fourth-order valence-corrected chi connectivity index (χ4v) is 3.57. The Balaban J connectivity index is 1.91. The van der Waals surface area contributed by atoms with Gasteiger partial charge in [0.15, 0.2) is 0 Å². The van der Waals surface area contributed by atoms with Gasteiger partial charge in [-0.2, -0.15) is 5.10 Å². The number of likely N-dealkylation sites (N-methyl/N-ethyl adjacent to an activating group) is 1. The molecule has 0 aliphatic heterocycles. The van der Waals surface area contributed by atoms with Crippen LogP contribution in [0.2, 0.25) is 0 Å². The van der Waals surface area contributed by atoms with Gasteiger partial charge in [-0.05, 0) is 31.9 Å². The third-order valence-electron chi connectivity index (χ3n) is 5.12. The number of carbonyl (C=O) groups excluding carboxylic acids is 1. The van der Waals surface area contributed by atoms with E-state index in [-0.39, 0.29) is 11.8 Å². The molecule has 0 spiro atoms. The monoisotopic (exact) mass is 361 g/mol. The first-order chi connectivity index (χ1) is 13.0. The van der Waals surface area contributed by atoms with Crippen LogP contribution in [-0.4, -0.2) is 27.6 Å². The average Bonchev–Trinajstić information content (AvgIpc) is 2.97. The first-order valence-electron chi connectivity index (χ1n) is 9.40. The third kappa shape index (κ3) is 3.95. The van der Waals surface area contributed by atoms with E-state index in [1.807, 2.05) is 84.2 Å². The van der Waals surface area contributed by atoms with E-state index in [2.05, 4.69) is 18.9 Å². The topological polar surface area (TPSA) is 38.1 Å². The van der Waals surface area contributed by atoms with Crippen molar-refractivity contribution in [3.63, 3.8) is 0 Å². The Morgan fingerprint density at radius 3 is 1.96 bits per heavy atom. The number of hydrogen-bond donors (Lipinski definition) is 0. The van der Waals surface area contributed by atoms with E-state index < -0.39 is 0 Å². The Kier molecular flexibility index (Phi) is 5.75. The Bertz CT molecular complexity index is 861. The summed E-state index contributed by atoms with van der Waals surface area (Å²) < 4.78 is 1.99. The summed E-state index contributed by atoms with van der Waals surface area (Å²) in [7, 11) is 1.88. The van der Waals surface area contributed by atoms with Crippen LogP contribution in [0.3, 0.4) is 0 Å². The molecule has 3 aromatic rings. The fourth-order valence-electron chi connectivity index (χ4n) is 3.57. The zero-order valence-corrected chi connectivity index (χ0v) is 16.5. The highest BCUT2D eigenvalue weighted by atomic mass is 16.2. The molecule has 1 heterocycles. The van der Waals surface area contributed by atoms with Gasteiger partial charge >= 0.3 is 0 Å². The predicted octanol–water partition coefficient (Wildman–Crippen LogP) is 4.31. The largest absolute Gasteiger partial charge is 0.340 e. The van der Waals surface area contributed by atoms with Crippen LogP contribution < -0.4 is 0 Å². The molecule has 0 aliphatic carbocycles. The molecule has 4 nitrogen and oxygen atoms in total. The minimum atomic E-state index is -0.306. The van der Waals surface area contributed by atoms with Crippen molar-refractivity contribution in [3.8, 4) is 0 Å². The van der Waals surface area contributed by atoms with Crippen molar-refractivity contribution in [1.82, 2.24) is 14.7 Å². The molecule has 0 saturated carbocycles. The molecule has 0 bridgehead atoms. The maximum atomic E-state index is 13.4. The van der Waals surface area contributed by atoms with Gasteiger partial charge in [0.1, 0.15) is 0 Å². The predicted molar refractivity (Wildman–Crippen MR) is 109 cm³/mol. The van der Waals surface area contributed by atoms with Crippen molar-refractivity contribution < 1.29 is 4.79 Å². The lowest BCUT2D eigenvalue weighted by Crippen LogP contribution is -2.32. The quantitative estimate of drug-likeness (QED) is 0.656. The van der Waals surface area contributed by atoms with E-state index in [1.165, 1.54) is 0 Å². The molecule has 0 fully saturated rings. The minimum absolute atomic E-state index is 0.0930. The lowest BCUT2D eigenvalue weighted by atomic mass is 9.90. The van der Waals surface area contributed by atoms with Gasteiger partial charge in [0.2, 0.25) is 5.91 Å². The summed E-state index contributed by atoms with van der Waals surface area (Å²) in [6, 6.07) is 20.0. The first-order valence-corrected chi connectivity index (χ1v) is 9.40. The summed E-state index contributed by atoms with van der Waals surface area (Å²) in [4.78, 5) is 15.3. The standard InChI is InChI=1S/C23H27N3O/c1-5-26-18(3)21(17(2)24-26)16-25(4)23(27)22(19-12-8-6-9-13-19)20-14-10-7-11-15-20/h6-15,22H,5,16H2,1-4H3. The molecule has 0 aliphatic rings. The molecule has 27 heavy (non-hydrogen) atoms. The van der Waals surface area contributed by atoms with Gasteiger partial charge in [0, 0.05) is 31.4 Å². The normalized spacial score (nSPS) is 11.0. The van der Waals surface area contributed by atoms with E-state index in [0.29, 0.717) is 6.54 Å². The zero-order chi connectivity index (χ0) is 19.4. The van der Waals surface area contributed by atoms with Crippen LogP contribution in [0.25, 0.3) is 0 Å². The molecule has 0 N–H and O–H groups in total. The molecule has 3 rings (SSSR count). The van der Waals surface area contributed by atoms with E-state index in [0.717, 1.165) is 34.6 Å². The number of rotatable bonds is 6. The van der Waals surface area contributed by atoms with E-state index >= 15 is 0 Å². The molecular formula is C23H27N3O. The smallest absolute Gasteiger partial charge is 0.234 e. The fraction of sp³-hybridized carbons (Fsp3) is 0.304. The van der Waals surface area contributed by atoms with Crippen LogP contribution in [-0.2, 0) is 17.9 Å². The molecular weight excluding hydrogens is 334 g/mol. The second kappa shape index (κ2) is 8.21. The number of benzene rings is 2. The molecule has 1 amide bonds. The summed E-state index contributed by atoms with van der Waals surface area (Å²) in [5.74, 6) is -0.213. The maximum absolute atomic E-state index is 13.4. The maximum Gasteiger partial charge on any atom is 0.234 e. The Morgan fingerprint density at radius 2 is 1.52 bits per heavy atom. The first kappa shape index (κ1) is 18.9. The molecule has 1 aromatic heterocycles. The van der Waals surface area contributed by atoms with Crippen molar-refractivity contribution in [2.24, 2.45) is 0 Å². The summed E-state index contributed by atoms with van der Waals surface area (Å²) in [5.41, 5.74) is 5.28. The molecule has 0 unspecified atom stereocenters. The van der Waals surface area contributed by atoms with Crippen molar-refractivity contribution in [2.75, 3.05) is 7.05 Å². The zero-order valence-electron chi connectivity index (χ0n) is 16.5. The van der Waals surface area contributed by atoms with Crippen LogP contribution >= 0.6 is 0 Å². The third-order valence-corrected chi connectivity index (χ3v) is 5.12. The number of nitrogens with zero attached hydrogens (tertiary/aromatic N) is 3. The number of amides is 1. The van der Waals surface area contributed by atoms with Crippen LogP contribution in [0.1, 0.15) is 40.9 Å². The van der Waals surface area contributed by atoms with Gasteiger partial charge in [-0.1, -0.05) is 60.7 Å². The van der Waals surface area contributed by atoms with Gasteiger partial charge in [-0.15, -0.1) is 0 Å². The van der Waals surface area contributed by atoms with Gasteiger partial charge in [0.25, 0.3) is 0 Å². The number of aromatic nitrogens is 2. The SMILES string of the molecule is CCn1nc(C)c(CN(C)C(=O)C(c2ccccc2)c2ccccc2)c1C. The van der Waals surface area contributed by atoms with Crippen molar-refractivity contribution in [2.45, 2.75) is 39.8 Å². The lowest BCUT2D eigenvalue weighted by molar-refractivity contribution is -0.131. The average molecular weight is 361 g/mol. The number of hydrogen-bond acceptors (Lipinski definition) is 2. The second-order valence-electron chi connectivity index (χ2n) is 6.91. The Labute approximate surface area is 161 Å².